The first kappa shape index (κ1) is 17.3. The van der Waals surface area contributed by atoms with Crippen LogP contribution in [0.3, 0.4) is 0 Å². The van der Waals surface area contributed by atoms with E-state index >= 15 is 0 Å². The summed E-state index contributed by atoms with van der Waals surface area (Å²) in [7, 11) is 0. The number of ether oxygens (including phenoxy) is 2. The highest BCUT2D eigenvalue weighted by Gasteiger charge is 2.60. The van der Waals surface area contributed by atoms with Crippen molar-refractivity contribution in [2.24, 2.45) is 17.8 Å². The summed E-state index contributed by atoms with van der Waals surface area (Å²) in [5, 5.41) is 2.85. The van der Waals surface area contributed by atoms with E-state index in [1.54, 1.807) is 13.8 Å². The molecule has 0 spiro atoms. The van der Waals surface area contributed by atoms with E-state index in [0.29, 0.717) is 24.3 Å². The quantitative estimate of drug-likeness (QED) is 0.479. The molecule has 5 heteroatoms. The lowest BCUT2D eigenvalue weighted by Crippen LogP contribution is -2.45. The van der Waals surface area contributed by atoms with Crippen LogP contribution >= 0.6 is 0 Å². The lowest BCUT2D eigenvalue weighted by molar-refractivity contribution is -0.168. The van der Waals surface area contributed by atoms with Crippen molar-refractivity contribution in [3.05, 3.63) is 0 Å². The van der Waals surface area contributed by atoms with Crippen LogP contribution in [-0.4, -0.2) is 36.2 Å². The monoisotopic (exact) mass is 311 g/mol. The van der Waals surface area contributed by atoms with Gasteiger partial charge in [0, 0.05) is 6.54 Å². The van der Waals surface area contributed by atoms with Crippen molar-refractivity contribution in [2.75, 3.05) is 6.54 Å². The Balaban J connectivity index is 2.02. The molecule has 1 aliphatic heterocycles. The number of hydrogen-bond donors (Lipinski definition) is 1. The van der Waals surface area contributed by atoms with Crippen molar-refractivity contribution < 1.29 is 19.1 Å². The number of carbonyl (C=O) groups is 2. The number of rotatable bonds is 5. The minimum absolute atomic E-state index is 0.0950. The van der Waals surface area contributed by atoms with Crippen LogP contribution in [0.4, 0.5) is 0 Å². The molecule has 2 rings (SSSR count). The molecular weight excluding hydrogens is 282 g/mol. The Kier molecular flexibility index (Phi) is 5.15. The van der Waals surface area contributed by atoms with Gasteiger partial charge < -0.3 is 9.47 Å². The van der Waals surface area contributed by atoms with E-state index in [1.165, 1.54) is 6.42 Å². The van der Waals surface area contributed by atoms with Crippen molar-refractivity contribution in [3.8, 4) is 0 Å². The summed E-state index contributed by atoms with van der Waals surface area (Å²) < 4.78 is 10.9. The number of carbonyl (C=O) groups excluding carboxylic acids is 2. The zero-order chi connectivity index (χ0) is 16.5. The summed E-state index contributed by atoms with van der Waals surface area (Å²) >= 11 is 0. The summed E-state index contributed by atoms with van der Waals surface area (Å²) in [4.78, 5) is 24.6. The molecule has 1 saturated carbocycles. The molecule has 5 nitrogen and oxygen atoms in total. The van der Waals surface area contributed by atoms with Gasteiger partial charge in [0.15, 0.2) is 0 Å². The first-order valence-electron chi connectivity index (χ1n) is 8.43. The number of hydrogen-bond acceptors (Lipinski definition) is 5. The Morgan fingerprint density at radius 1 is 1.14 bits per heavy atom. The molecule has 0 amide bonds. The molecule has 1 heterocycles. The molecule has 1 aliphatic carbocycles. The lowest BCUT2D eigenvalue weighted by Gasteiger charge is -2.37. The maximum absolute atomic E-state index is 12.5. The van der Waals surface area contributed by atoms with Gasteiger partial charge in [-0.15, -0.1) is 0 Å². The molecule has 2 aliphatic rings. The average molecular weight is 311 g/mol. The van der Waals surface area contributed by atoms with Crippen molar-refractivity contribution >= 4 is 11.9 Å². The first-order chi connectivity index (χ1) is 10.3. The summed E-state index contributed by atoms with van der Waals surface area (Å²) in [6.45, 7) is 10.4. The van der Waals surface area contributed by atoms with E-state index in [2.05, 4.69) is 26.1 Å². The van der Waals surface area contributed by atoms with E-state index in [1.807, 2.05) is 0 Å². The standard InChI is InChI=1S/C17H29NO4/c1-10(2)13-7-6-12(5)8-14(13)22-16(20)17(9-18-17)15(19)21-11(3)4/h10-14,18H,6-9H2,1-5H3. The van der Waals surface area contributed by atoms with Gasteiger partial charge >= 0.3 is 11.9 Å². The molecule has 0 aromatic carbocycles. The third kappa shape index (κ3) is 3.62. The maximum atomic E-state index is 12.5. The van der Waals surface area contributed by atoms with Crippen LogP contribution in [0.2, 0.25) is 0 Å². The fourth-order valence-electron chi connectivity index (χ4n) is 3.26. The van der Waals surface area contributed by atoms with Gasteiger partial charge in [-0.25, -0.2) is 9.59 Å². The topological polar surface area (TPSA) is 74.5 Å². The van der Waals surface area contributed by atoms with Gasteiger partial charge in [0.2, 0.25) is 5.54 Å². The van der Waals surface area contributed by atoms with Gasteiger partial charge in [-0.3, -0.25) is 5.32 Å². The van der Waals surface area contributed by atoms with Crippen LogP contribution in [0, 0.1) is 17.8 Å². The molecule has 126 valence electrons. The van der Waals surface area contributed by atoms with Crippen LogP contribution in [0.5, 0.6) is 0 Å². The van der Waals surface area contributed by atoms with Crippen LogP contribution in [0.1, 0.15) is 53.9 Å². The molecule has 1 N–H and O–H groups in total. The Morgan fingerprint density at radius 3 is 2.27 bits per heavy atom. The summed E-state index contributed by atoms with van der Waals surface area (Å²) in [5.41, 5.74) is -1.26. The molecule has 0 bridgehead atoms. The van der Waals surface area contributed by atoms with Crippen LogP contribution in [-0.2, 0) is 19.1 Å². The average Bonchev–Trinajstić information content (AvgIpc) is 3.18. The van der Waals surface area contributed by atoms with Crippen LogP contribution < -0.4 is 5.32 Å². The molecule has 1 saturated heterocycles. The summed E-state index contributed by atoms with van der Waals surface area (Å²) in [5.74, 6) is 0.409. The van der Waals surface area contributed by atoms with E-state index in [4.69, 9.17) is 9.47 Å². The highest BCUT2D eigenvalue weighted by atomic mass is 16.6. The normalized spacial score (nSPS) is 34.6. The molecule has 0 aromatic rings. The SMILES string of the molecule is CC1CCC(C(C)C)C(OC(=O)C2(C(=O)OC(C)C)CN2)C1. The molecule has 2 fully saturated rings. The minimum atomic E-state index is -1.26. The van der Waals surface area contributed by atoms with E-state index in [0.717, 1.165) is 12.8 Å². The largest absolute Gasteiger partial charge is 0.461 e. The summed E-state index contributed by atoms with van der Waals surface area (Å²) in [6.07, 6.45) is 2.80. The van der Waals surface area contributed by atoms with Crippen molar-refractivity contribution in [1.29, 1.82) is 0 Å². The highest BCUT2D eigenvalue weighted by molar-refractivity contribution is 6.08. The van der Waals surface area contributed by atoms with E-state index < -0.39 is 17.5 Å². The smallest absolute Gasteiger partial charge is 0.339 e. The van der Waals surface area contributed by atoms with Gasteiger partial charge in [-0.05, 0) is 44.4 Å². The maximum Gasteiger partial charge on any atom is 0.339 e. The van der Waals surface area contributed by atoms with Crippen LogP contribution in [0.15, 0.2) is 0 Å². The van der Waals surface area contributed by atoms with Crippen molar-refractivity contribution in [2.45, 2.75) is 71.6 Å². The van der Waals surface area contributed by atoms with Gasteiger partial charge in [0.1, 0.15) is 6.10 Å². The molecule has 4 atom stereocenters. The molecule has 0 radical (unpaired) electrons. The van der Waals surface area contributed by atoms with Gasteiger partial charge in [-0.1, -0.05) is 27.2 Å². The second-order valence-corrected chi connectivity index (χ2v) is 7.48. The minimum Gasteiger partial charge on any atom is -0.461 e. The predicted molar refractivity (Wildman–Crippen MR) is 83.2 cm³/mol. The molecular formula is C17H29NO4. The Morgan fingerprint density at radius 2 is 1.77 bits per heavy atom. The summed E-state index contributed by atoms with van der Waals surface area (Å²) in [6, 6.07) is 0. The number of esters is 2. The van der Waals surface area contributed by atoms with Gasteiger partial charge in [0.25, 0.3) is 0 Å². The predicted octanol–water partition coefficient (Wildman–Crippen LogP) is 2.28. The number of nitrogens with one attached hydrogen (secondary N) is 1. The fourth-order valence-corrected chi connectivity index (χ4v) is 3.26. The molecule has 22 heavy (non-hydrogen) atoms. The van der Waals surface area contributed by atoms with Crippen molar-refractivity contribution in [3.63, 3.8) is 0 Å². The lowest BCUT2D eigenvalue weighted by atomic mass is 9.75. The Bertz CT molecular complexity index is 428. The molecule has 4 unspecified atom stereocenters. The first-order valence-corrected chi connectivity index (χ1v) is 8.43. The zero-order valence-electron chi connectivity index (χ0n) is 14.3. The van der Waals surface area contributed by atoms with E-state index in [9.17, 15) is 9.59 Å². The van der Waals surface area contributed by atoms with E-state index in [-0.39, 0.29) is 12.2 Å². The zero-order valence-corrected chi connectivity index (χ0v) is 14.3. The fraction of sp³-hybridized carbons (Fsp3) is 0.882. The van der Waals surface area contributed by atoms with Gasteiger partial charge in [-0.2, -0.15) is 0 Å². The third-order valence-corrected chi connectivity index (χ3v) is 4.79. The highest BCUT2D eigenvalue weighted by Crippen LogP contribution is 2.36. The Hall–Kier alpha value is -1.10. The van der Waals surface area contributed by atoms with Crippen molar-refractivity contribution in [1.82, 2.24) is 5.32 Å². The van der Waals surface area contributed by atoms with Crippen LogP contribution in [0.25, 0.3) is 0 Å². The molecule has 0 aromatic heterocycles. The third-order valence-electron chi connectivity index (χ3n) is 4.79. The second kappa shape index (κ2) is 6.57. The second-order valence-electron chi connectivity index (χ2n) is 7.48. The Labute approximate surface area is 133 Å². The van der Waals surface area contributed by atoms with Gasteiger partial charge in [0.05, 0.1) is 6.10 Å².